The molecule has 1 atom stereocenters. The van der Waals surface area contributed by atoms with Crippen molar-refractivity contribution in [3.05, 3.63) is 59.4 Å². The van der Waals surface area contributed by atoms with Gasteiger partial charge >= 0.3 is 0 Å². The number of carbonyl (C=O) groups is 2. The van der Waals surface area contributed by atoms with Gasteiger partial charge in [0.05, 0.1) is 19.8 Å². The number of hydrogen-bond donors (Lipinski definition) is 1. The number of amides is 1. The van der Waals surface area contributed by atoms with Crippen LogP contribution in [-0.2, 0) is 32.9 Å². The molecule has 3 heterocycles. The summed E-state index contributed by atoms with van der Waals surface area (Å²) in [6.07, 6.45) is 2.96. The minimum atomic E-state index is -0.700. The average molecular weight is 414 g/mol. The molecular weight excluding hydrogens is 392 g/mol. The molecule has 8 heteroatoms. The van der Waals surface area contributed by atoms with Crippen molar-refractivity contribution in [3.63, 3.8) is 0 Å². The van der Waals surface area contributed by atoms with E-state index >= 15 is 0 Å². The summed E-state index contributed by atoms with van der Waals surface area (Å²) >= 11 is 0.734. The van der Waals surface area contributed by atoms with E-state index in [4.69, 9.17) is 14.2 Å². The van der Waals surface area contributed by atoms with E-state index in [1.165, 1.54) is 0 Å². The SMILES string of the molecule is CC1(c2ccc(CCOc3ccc(C[C@@H]4NC(=O)SC4=O)cc3)nc2)OCCO1. The van der Waals surface area contributed by atoms with Gasteiger partial charge in [0.2, 0.25) is 5.12 Å². The van der Waals surface area contributed by atoms with Crippen LogP contribution < -0.4 is 10.1 Å². The molecule has 0 bridgehead atoms. The molecule has 29 heavy (non-hydrogen) atoms. The predicted molar refractivity (Wildman–Crippen MR) is 108 cm³/mol. The van der Waals surface area contributed by atoms with Gasteiger partial charge in [0.15, 0.2) is 5.79 Å². The number of carbonyl (C=O) groups excluding carboxylic acids is 2. The molecule has 2 aliphatic rings. The van der Waals surface area contributed by atoms with Crippen molar-refractivity contribution in [2.24, 2.45) is 0 Å². The van der Waals surface area contributed by atoms with Gasteiger partial charge in [-0.25, -0.2) is 0 Å². The number of ether oxygens (including phenoxy) is 3. The molecule has 0 unspecified atom stereocenters. The molecule has 0 aliphatic carbocycles. The van der Waals surface area contributed by atoms with Gasteiger partial charge in [-0.1, -0.05) is 18.2 Å². The highest BCUT2D eigenvalue weighted by atomic mass is 32.2. The highest BCUT2D eigenvalue weighted by Crippen LogP contribution is 2.30. The third-order valence-corrected chi connectivity index (χ3v) is 5.74. The smallest absolute Gasteiger partial charge is 0.287 e. The largest absolute Gasteiger partial charge is 0.493 e. The van der Waals surface area contributed by atoms with Gasteiger partial charge in [-0.05, 0) is 30.7 Å². The molecular formula is C21H22N2O5S. The summed E-state index contributed by atoms with van der Waals surface area (Å²) in [5.74, 6) is 0.0516. The molecule has 1 aromatic carbocycles. The lowest BCUT2D eigenvalue weighted by atomic mass is 10.1. The van der Waals surface area contributed by atoms with E-state index in [0.29, 0.717) is 32.7 Å². The third-order valence-electron chi connectivity index (χ3n) is 4.95. The first-order valence-electron chi connectivity index (χ1n) is 9.49. The summed E-state index contributed by atoms with van der Waals surface area (Å²) < 4.78 is 17.1. The third kappa shape index (κ3) is 4.77. The molecule has 1 aromatic heterocycles. The monoisotopic (exact) mass is 414 g/mol. The number of nitrogens with one attached hydrogen (secondary N) is 1. The Morgan fingerprint density at radius 2 is 1.93 bits per heavy atom. The van der Waals surface area contributed by atoms with Crippen molar-refractivity contribution >= 4 is 22.1 Å². The van der Waals surface area contributed by atoms with Crippen LogP contribution in [0, 0.1) is 0 Å². The molecule has 2 aromatic rings. The number of benzene rings is 1. The Morgan fingerprint density at radius 1 is 1.17 bits per heavy atom. The van der Waals surface area contributed by atoms with E-state index < -0.39 is 11.8 Å². The van der Waals surface area contributed by atoms with Crippen LogP contribution in [0.5, 0.6) is 5.75 Å². The summed E-state index contributed by atoms with van der Waals surface area (Å²) in [5.41, 5.74) is 2.81. The van der Waals surface area contributed by atoms with Gasteiger partial charge in [0, 0.05) is 42.1 Å². The van der Waals surface area contributed by atoms with Crippen LogP contribution in [0.3, 0.4) is 0 Å². The van der Waals surface area contributed by atoms with Crippen LogP contribution in [0.4, 0.5) is 4.79 Å². The maximum absolute atomic E-state index is 11.7. The van der Waals surface area contributed by atoms with Crippen LogP contribution in [0.1, 0.15) is 23.7 Å². The number of pyridine rings is 1. The highest BCUT2D eigenvalue weighted by molar-refractivity contribution is 8.26. The lowest BCUT2D eigenvalue weighted by molar-refractivity contribution is -0.149. The maximum Gasteiger partial charge on any atom is 0.287 e. The van der Waals surface area contributed by atoms with Gasteiger partial charge in [-0.2, -0.15) is 0 Å². The number of thioether (sulfide) groups is 1. The van der Waals surface area contributed by atoms with Crippen LogP contribution in [0.2, 0.25) is 0 Å². The fraction of sp³-hybridized carbons (Fsp3) is 0.381. The van der Waals surface area contributed by atoms with Gasteiger partial charge in [0.25, 0.3) is 5.24 Å². The molecule has 4 rings (SSSR count). The molecule has 0 radical (unpaired) electrons. The lowest BCUT2D eigenvalue weighted by Crippen LogP contribution is -2.30. The molecule has 0 spiro atoms. The predicted octanol–water partition coefficient (Wildman–Crippen LogP) is 2.82. The molecule has 0 saturated carbocycles. The first kappa shape index (κ1) is 19.9. The van der Waals surface area contributed by atoms with E-state index in [1.54, 1.807) is 6.20 Å². The molecule has 152 valence electrons. The number of nitrogens with zero attached hydrogens (tertiary/aromatic N) is 1. The van der Waals surface area contributed by atoms with Crippen molar-refractivity contribution in [2.45, 2.75) is 31.6 Å². The number of hydrogen-bond acceptors (Lipinski definition) is 7. The zero-order chi connectivity index (χ0) is 20.3. The zero-order valence-corrected chi connectivity index (χ0v) is 16.9. The minimum absolute atomic E-state index is 0.131. The van der Waals surface area contributed by atoms with Crippen molar-refractivity contribution < 1.29 is 23.8 Å². The second-order valence-corrected chi connectivity index (χ2v) is 8.01. The van der Waals surface area contributed by atoms with Crippen LogP contribution in [0.25, 0.3) is 0 Å². The van der Waals surface area contributed by atoms with Gasteiger partial charge in [-0.3, -0.25) is 14.6 Å². The summed E-state index contributed by atoms with van der Waals surface area (Å²) in [7, 11) is 0. The van der Waals surface area contributed by atoms with E-state index in [2.05, 4.69) is 10.3 Å². The number of rotatable bonds is 7. The van der Waals surface area contributed by atoms with Gasteiger partial charge in [-0.15, -0.1) is 0 Å². The summed E-state index contributed by atoms with van der Waals surface area (Å²) in [5, 5.41) is 2.25. The lowest BCUT2D eigenvalue weighted by Gasteiger charge is -2.22. The Morgan fingerprint density at radius 3 is 2.55 bits per heavy atom. The fourth-order valence-electron chi connectivity index (χ4n) is 3.28. The second-order valence-electron chi connectivity index (χ2n) is 7.03. The van der Waals surface area contributed by atoms with Crippen LogP contribution in [-0.4, -0.2) is 41.2 Å². The molecule has 1 amide bonds. The zero-order valence-electron chi connectivity index (χ0n) is 16.1. The minimum Gasteiger partial charge on any atom is -0.493 e. The second kappa shape index (κ2) is 8.52. The van der Waals surface area contributed by atoms with E-state index in [9.17, 15) is 9.59 Å². The van der Waals surface area contributed by atoms with Crippen molar-refractivity contribution in [2.75, 3.05) is 19.8 Å². The molecule has 2 fully saturated rings. The maximum atomic E-state index is 11.7. The Bertz CT molecular complexity index is 879. The van der Waals surface area contributed by atoms with E-state index in [1.807, 2.05) is 43.3 Å². The Balaban J connectivity index is 1.25. The molecule has 1 N–H and O–H groups in total. The van der Waals surface area contributed by atoms with Gasteiger partial charge < -0.3 is 19.5 Å². The number of aromatic nitrogens is 1. The topological polar surface area (TPSA) is 86.8 Å². The average Bonchev–Trinajstić information content (AvgIpc) is 3.29. The first-order chi connectivity index (χ1) is 14.0. The normalized spacial score (nSPS) is 20.7. The standard InChI is InChI=1S/C21H22N2O5S/c1-21(27-10-11-28-21)15-4-5-16(22-13-15)8-9-26-17-6-2-14(3-7-17)12-18-19(24)29-20(25)23-18/h2-7,13,18H,8-12H2,1H3,(H,23,25)/t18-/m0/s1. The molecule has 7 nitrogen and oxygen atoms in total. The van der Waals surface area contributed by atoms with Crippen LogP contribution in [0.15, 0.2) is 42.6 Å². The van der Waals surface area contributed by atoms with Crippen LogP contribution >= 0.6 is 11.8 Å². The summed E-state index contributed by atoms with van der Waals surface area (Å²) in [4.78, 5) is 27.4. The molecule has 2 aliphatic heterocycles. The van der Waals surface area contributed by atoms with E-state index in [-0.39, 0.29) is 10.4 Å². The highest BCUT2D eigenvalue weighted by Gasteiger charge is 2.33. The van der Waals surface area contributed by atoms with Crippen molar-refractivity contribution in [3.8, 4) is 5.75 Å². The Hall–Kier alpha value is -2.42. The summed E-state index contributed by atoms with van der Waals surface area (Å²) in [6.45, 7) is 3.59. The fourth-order valence-corrected chi connectivity index (χ4v) is 3.95. The Kier molecular flexibility index (Phi) is 5.84. The van der Waals surface area contributed by atoms with Crippen molar-refractivity contribution in [1.82, 2.24) is 10.3 Å². The quantitative estimate of drug-likeness (QED) is 0.745. The van der Waals surface area contributed by atoms with Crippen molar-refractivity contribution in [1.29, 1.82) is 0 Å². The van der Waals surface area contributed by atoms with E-state index in [0.717, 1.165) is 34.3 Å². The Labute approximate surface area is 173 Å². The summed E-state index contributed by atoms with van der Waals surface area (Å²) in [6, 6.07) is 11.1. The van der Waals surface area contributed by atoms with Gasteiger partial charge in [0.1, 0.15) is 11.8 Å². The first-order valence-corrected chi connectivity index (χ1v) is 10.3. The molecule has 2 saturated heterocycles.